The Kier molecular flexibility index (Phi) is 8.44. The van der Waals surface area contributed by atoms with Gasteiger partial charge in [0.05, 0.1) is 29.1 Å². The third-order valence-electron chi connectivity index (χ3n) is 8.89. The number of nitrogens with one attached hydrogen (secondary N) is 1. The molecule has 6 rings (SSSR count). The smallest absolute Gasteiger partial charge is 0.374 e. The zero-order valence-electron chi connectivity index (χ0n) is 24.6. The van der Waals surface area contributed by atoms with Gasteiger partial charge in [0.15, 0.2) is 5.82 Å². The molecule has 230 valence electrons. The number of amides is 2. The summed E-state index contributed by atoms with van der Waals surface area (Å²) < 4.78 is 26.8. The zero-order valence-corrected chi connectivity index (χ0v) is 25.4. The monoisotopic (exact) mass is 620 g/mol. The average molecular weight is 621 g/mol. The highest BCUT2D eigenvalue weighted by molar-refractivity contribution is 6.30. The third kappa shape index (κ3) is 5.58. The molecule has 0 bridgehead atoms. The second kappa shape index (κ2) is 12.4. The Morgan fingerprint density at radius 1 is 1.11 bits per heavy atom. The van der Waals surface area contributed by atoms with Crippen LogP contribution in [0.3, 0.4) is 0 Å². The molecule has 11 heteroatoms. The van der Waals surface area contributed by atoms with E-state index in [1.165, 1.54) is 23.4 Å². The Morgan fingerprint density at radius 2 is 1.91 bits per heavy atom. The van der Waals surface area contributed by atoms with Crippen LogP contribution in [-0.2, 0) is 9.53 Å². The lowest BCUT2D eigenvalue weighted by atomic mass is 9.76. The summed E-state index contributed by atoms with van der Waals surface area (Å²) in [5.41, 5.74) is 1.93. The number of ether oxygens (including phenoxy) is 1. The van der Waals surface area contributed by atoms with Crippen LogP contribution in [0.1, 0.15) is 72.1 Å². The molecular formula is C33H34ClFN4O5. The lowest BCUT2D eigenvalue weighted by Crippen LogP contribution is -2.47. The maximum absolute atomic E-state index is 14.8. The molecule has 2 fully saturated rings. The minimum atomic E-state index is -0.689. The fraction of sp³-hybridized carbons (Fsp3) is 0.394. The van der Waals surface area contributed by atoms with Crippen molar-refractivity contribution < 1.29 is 27.9 Å². The summed E-state index contributed by atoms with van der Waals surface area (Å²) in [5, 5.41) is 7.94. The van der Waals surface area contributed by atoms with E-state index < -0.39 is 17.8 Å². The van der Waals surface area contributed by atoms with E-state index >= 15 is 0 Å². The molecule has 44 heavy (non-hydrogen) atoms. The second-order valence-corrected chi connectivity index (χ2v) is 11.9. The van der Waals surface area contributed by atoms with E-state index in [1.807, 2.05) is 0 Å². The number of aromatic nitrogens is 2. The summed E-state index contributed by atoms with van der Waals surface area (Å²) in [4.78, 5) is 41.9. The molecule has 1 saturated heterocycles. The SMILES string of the molecule is CCOC(=O)c1cc2cc(NC(=O)[C@@H]3[C@H](C4CCCCC4)CCN3C(=O)c3cnn(-c4cccc(Cl)c4F)c3C)ccc2o1. The van der Waals surface area contributed by atoms with E-state index in [1.54, 1.807) is 55.1 Å². The lowest BCUT2D eigenvalue weighted by Gasteiger charge is -2.33. The van der Waals surface area contributed by atoms with Crippen molar-refractivity contribution in [3.05, 3.63) is 76.5 Å². The Bertz CT molecular complexity index is 1730. The molecular weight excluding hydrogens is 587 g/mol. The largest absolute Gasteiger partial charge is 0.460 e. The molecule has 1 aliphatic carbocycles. The molecule has 4 aromatic rings. The van der Waals surface area contributed by atoms with Gasteiger partial charge in [-0.15, -0.1) is 0 Å². The number of fused-ring (bicyclic) bond motifs is 1. The number of halogens is 2. The van der Waals surface area contributed by atoms with Gasteiger partial charge in [0.25, 0.3) is 5.91 Å². The zero-order chi connectivity index (χ0) is 31.0. The molecule has 2 aliphatic rings. The normalized spacial score (nSPS) is 19.0. The van der Waals surface area contributed by atoms with E-state index in [0.29, 0.717) is 46.8 Å². The van der Waals surface area contributed by atoms with Crippen molar-refractivity contribution in [3.8, 4) is 5.69 Å². The number of hydrogen-bond acceptors (Lipinski definition) is 6. The van der Waals surface area contributed by atoms with E-state index in [4.69, 9.17) is 20.8 Å². The first-order valence-corrected chi connectivity index (χ1v) is 15.5. The van der Waals surface area contributed by atoms with Crippen molar-refractivity contribution in [2.24, 2.45) is 11.8 Å². The number of furan rings is 1. The van der Waals surface area contributed by atoms with Crippen LogP contribution in [0, 0.1) is 24.6 Å². The summed E-state index contributed by atoms with van der Waals surface area (Å²) in [7, 11) is 0. The van der Waals surface area contributed by atoms with Gasteiger partial charge in [-0.1, -0.05) is 49.8 Å². The quantitative estimate of drug-likeness (QED) is 0.224. The Hall–Kier alpha value is -4.18. The van der Waals surface area contributed by atoms with Gasteiger partial charge >= 0.3 is 5.97 Å². The van der Waals surface area contributed by atoms with Gasteiger partial charge in [0.1, 0.15) is 17.3 Å². The van der Waals surface area contributed by atoms with Gasteiger partial charge < -0.3 is 19.4 Å². The fourth-order valence-corrected chi connectivity index (χ4v) is 6.92. The Morgan fingerprint density at radius 3 is 2.68 bits per heavy atom. The Labute approximate surface area is 259 Å². The molecule has 2 amide bonds. The summed E-state index contributed by atoms with van der Waals surface area (Å²) >= 11 is 6.00. The molecule has 0 unspecified atom stereocenters. The standard InChI is InChI=1S/C33H34ClFN4O5/c1-3-43-33(42)28-17-21-16-22(12-13-27(21)44-28)37-31(40)30-23(20-8-5-4-6-9-20)14-15-38(30)32(41)24-18-36-39(19(24)2)26-11-7-10-25(34)29(26)35/h7,10-13,16-18,20,23,30H,3-6,8-9,14-15H2,1-2H3,(H,37,40)/t23-,30-/m0/s1. The highest BCUT2D eigenvalue weighted by Gasteiger charge is 2.46. The predicted molar refractivity (Wildman–Crippen MR) is 164 cm³/mol. The van der Waals surface area contributed by atoms with Crippen LogP contribution in [0.25, 0.3) is 16.7 Å². The molecule has 0 spiro atoms. The van der Waals surface area contributed by atoms with Gasteiger partial charge in [-0.2, -0.15) is 5.10 Å². The van der Waals surface area contributed by atoms with Gasteiger partial charge in [-0.25, -0.2) is 13.9 Å². The summed E-state index contributed by atoms with van der Waals surface area (Å²) in [6.07, 6.45) is 7.60. The van der Waals surface area contributed by atoms with Crippen molar-refractivity contribution in [3.63, 3.8) is 0 Å². The second-order valence-electron chi connectivity index (χ2n) is 11.5. The van der Waals surface area contributed by atoms with E-state index in [9.17, 15) is 18.8 Å². The molecule has 2 atom stereocenters. The number of anilines is 1. The van der Waals surface area contributed by atoms with Crippen molar-refractivity contribution in [1.29, 1.82) is 0 Å². The maximum Gasteiger partial charge on any atom is 0.374 e. The number of hydrogen-bond donors (Lipinski definition) is 1. The van der Waals surface area contributed by atoms with Gasteiger partial charge in [0, 0.05) is 17.6 Å². The van der Waals surface area contributed by atoms with Crippen molar-refractivity contribution >= 4 is 46.0 Å². The third-order valence-corrected chi connectivity index (χ3v) is 9.18. The summed E-state index contributed by atoms with van der Waals surface area (Å²) in [6.45, 7) is 4.08. The van der Waals surface area contributed by atoms with Crippen LogP contribution in [-0.4, -0.2) is 51.7 Å². The van der Waals surface area contributed by atoms with Gasteiger partial charge in [0.2, 0.25) is 11.7 Å². The van der Waals surface area contributed by atoms with Crippen LogP contribution < -0.4 is 5.32 Å². The molecule has 2 aromatic heterocycles. The first-order chi connectivity index (χ1) is 21.3. The van der Waals surface area contributed by atoms with E-state index in [-0.39, 0.29) is 40.8 Å². The predicted octanol–water partition coefficient (Wildman–Crippen LogP) is 6.95. The minimum absolute atomic E-state index is 0.00745. The molecule has 9 nitrogen and oxygen atoms in total. The van der Waals surface area contributed by atoms with Gasteiger partial charge in [-0.3, -0.25) is 9.59 Å². The van der Waals surface area contributed by atoms with Crippen molar-refractivity contribution in [1.82, 2.24) is 14.7 Å². The molecule has 1 saturated carbocycles. The highest BCUT2D eigenvalue weighted by atomic mass is 35.5. The van der Waals surface area contributed by atoms with Crippen molar-refractivity contribution in [2.75, 3.05) is 18.5 Å². The van der Waals surface area contributed by atoms with Crippen molar-refractivity contribution in [2.45, 2.75) is 58.4 Å². The Balaban J connectivity index is 1.29. The number of benzene rings is 2. The topological polar surface area (TPSA) is 107 Å². The number of rotatable bonds is 7. The van der Waals surface area contributed by atoms with Crippen LogP contribution in [0.15, 0.2) is 53.1 Å². The average Bonchev–Trinajstić information content (AvgIpc) is 3.75. The molecule has 0 radical (unpaired) electrons. The number of carbonyl (C=O) groups excluding carboxylic acids is 3. The summed E-state index contributed by atoms with van der Waals surface area (Å²) in [5.74, 6) is -1.34. The summed E-state index contributed by atoms with van der Waals surface area (Å²) in [6, 6.07) is 10.7. The number of esters is 1. The van der Waals surface area contributed by atoms with Crippen LogP contribution >= 0.6 is 11.6 Å². The maximum atomic E-state index is 14.8. The fourth-order valence-electron chi connectivity index (χ4n) is 6.75. The first-order valence-electron chi connectivity index (χ1n) is 15.1. The van der Waals surface area contributed by atoms with Crippen LogP contribution in [0.2, 0.25) is 5.02 Å². The number of nitrogens with zero attached hydrogens (tertiary/aromatic N) is 3. The minimum Gasteiger partial charge on any atom is -0.460 e. The first kappa shape index (κ1) is 29.9. The number of carbonyl (C=O) groups is 3. The molecule has 2 aromatic carbocycles. The van der Waals surface area contributed by atoms with E-state index in [0.717, 1.165) is 25.7 Å². The molecule has 3 heterocycles. The number of likely N-dealkylation sites (tertiary alicyclic amines) is 1. The van der Waals surface area contributed by atoms with Crippen LogP contribution in [0.4, 0.5) is 10.1 Å². The highest BCUT2D eigenvalue weighted by Crippen LogP contribution is 2.40. The van der Waals surface area contributed by atoms with E-state index in [2.05, 4.69) is 10.4 Å². The lowest BCUT2D eigenvalue weighted by molar-refractivity contribution is -0.121. The van der Waals surface area contributed by atoms with Gasteiger partial charge in [-0.05, 0) is 68.5 Å². The van der Waals surface area contributed by atoms with Crippen LogP contribution in [0.5, 0.6) is 0 Å². The molecule has 1 N–H and O–H groups in total. The molecule has 1 aliphatic heterocycles.